The summed E-state index contributed by atoms with van der Waals surface area (Å²) >= 11 is 0. The predicted molar refractivity (Wildman–Crippen MR) is 110 cm³/mol. The van der Waals surface area contributed by atoms with Crippen LogP contribution in [0.15, 0.2) is 115 Å². The average Bonchev–Trinajstić information content (AvgIpc) is 2.72. The summed E-state index contributed by atoms with van der Waals surface area (Å²) in [5.74, 6) is -0.209. The van der Waals surface area contributed by atoms with Crippen LogP contribution in [0.3, 0.4) is 0 Å². The van der Waals surface area contributed by atoms with Gasteiger partial charge in [0.15, 0.2) is 0 Å². The van der Waals surface area contributed by atoms with Gasteiger partial charge in [-0.2, -0.15) is 18.2 Å². The normalized spacial score (nSPS) is 9.70. The summed E-state index contributed by atoms with van der Waals surface area (Å²) in [4.78, 5) is 0. The van der Waals surface area contributed by atoms with E-state index in [2.05, 4.69) is 97.1 Å². The molecular weight excluding hydrogens is 535 g/mol. The maximum atomic E-state index is 11.9. The molecule has 0 N–H and O–H groups in total. The molecule has 4 rings (SSSR count). The van der Waals surface area contributed by atoms with Crippen LogP contribution in [0.1, 0.15) is 0 Å². The molecular formula is C24H19AuFP-. The van der Waals surface area contributed by atoms with Crippen molar-refractivity contribution in [3.63, 3.8) is 0 Å². The van der Waals surface area contributed by atoms with E-state index in [1.165, 1.54) is 40.2 Å². The van der Waals surface area contributed by atoms with E-state index < -0.39 is 7.92 Å². The second-order valence-corrected chi connectivity index (χ2v) is 7.78. The van der Waals surface area contributed by atoms with Gasteiger partial charge in [0, 0.05) is 28.2 Å². The van der Waals surface area contributed by atoms with Gasteiger partial charge in [-0.3, -0.25) is 0 Å². The van der Waals surface area contributed by atoms with E-state index in [-0.39, 0.29) is 28.2 Å². The Labute approximate surface area is 177 Å². The van der Waals surface area contributed by atoms with Gasteiger partial charge >= 0.3 is 0 Å². The van der Waals surface area contributed by atoms with Crippen molar-refractivity contribution < 1.29 is 26.8 Å². The summed E-state index contributed by atoms with van der Waals surface area (Å²) in [5.41, 5.74) is 0. The Bertz CT molecular complexity index is 790. The van der Waals surface area contributed by atoms with Gasteiger partial charge in [-0.05, 0) is 23.8 Å². The van der Waals surface area contributed by atoms with Gasteiger partial charge in [0.05, 0.1) is 0 Å². The molecule has 0 fully saturated rings. The molecule has 0 heterocycles. The fourth-order valence-corrected chi connectivity index (χ4v) is 4.85. The second-order valence-electron chi connectivity index (χ2n) is 5.56. The molecule has 4 aromatic rings. The Morgan fingerprint density at radius 3 is 1.11 bits per heavy atom. The smallest absolute Gasteiger partial charge is 0.0151 e. The third kappa shape index (κ3) is 6.57. The minimum Gasteiger partial charge on any atom is -0.236 e. The Morgan fingerprint density at radius 1 is 0.519 bits per heavy atom. The third-order valence-corrected chi connectivity index (χ3v) is 6.16. The molecule has 0 amide bonds. The van der Waals surface area contributed by atoms with Crippen LogP contribution >= 0.6 is 7.92 Å². The van der Waals surface area contributed by atoms with E-state index in [9.17, 15) is 4.39 Å². The fraction of sp³-hybridized carbons (Fsp3) is 0. The number of hydrogen-bond acceptors (Lipinski definition) is 0. The minimum atomic E-state index is -0.446. The molecule has 0 spiro atoms. The van der Waals surface area contributed by atoms with Crippen LogP contribution < -0.4 is 15.9 Å². The SMILES string of the molecule is Fc1cc[c-]cc1.[Au].c1ccc(P(c2ccccc2)c2ccccc2)cc1. The second kappa shape index (κ2) is 11.6. The predicted octanol–water partition coefficient (Wildman–Crippen LogP) is 5.07. The Morgan fingerprint density at radius 2 is 0.852 bits per heavy atom. The number of halogens is 1. The van der Waals surface area contributed by atoms with Crippen molar-refractivity contribution in [2.45, 2.75) is 0 Å². The van der Waals surface area contributed by atoms with Crippen molar-refractivity contribution in [3.8, 4) is 0 Å². The molecule has 139 valence electrons. The van der Waals surface area contributed by atoms with Crippen molar-refractivity contribution in [1.82, 2.24) is 0 Å². The zero-order valence-electron chi connectivity index (χ0n) is 14.6. The minimum absolute atomic E-state index is 0. The molecule has 0 bridgehead atoms. The number of hydrogen-bond donors (Lipinski definition) is 0. The van der Waals surface area contributed by atoms with Crippen molar-refractivity contribution in [2.75, 3.05) is 0 Å². The summed E-state index contributed by atoms with van der Waals surface area (Å²) in [6, 6.07) is 40.8. The van der Waals surface area contributed by atoms with Gasteiger partial charge < -0.3 is 0 Å². The van der Waals surface area contributed by atoms with Crippen LogP contribution in [0.5, 0.6) is 0 Å². The first-order valence-electron chi connectivity index (χ1n) is 8.41. The number of benzene rings is 4. The van der Waals surface area contributed by atoms with E-state index in [1.807, 2.05) is 0 Å². The maximum Gasteiger partial charge on any atom is 0.0151 e. The van der Waals surface area contributed by atoms with Gasteiger partial charge in [0.25, 0.3) is 0 Å². The fourth-order valence-electron chi connectivity index (χ4n) is 2.54. The van der Waals surface area contributed by atoms with E-state index in [0.29, 0.717) is 0 Å². The molecule has 0 aliphatic carbocycles. The molecule has 4 aromatic carbocycles. The molecule has 0 aliphatic heterocycles. The van der Waals surface area contributed by atoms with Gasteiger partial charge in [-0.15, -0.1) is 12.1 Å². The Kier molecular flexibility index (Phi) is 9.18. The van der Waals surface area contributed by atoms with Crippen LogP contribution in [0, 0.1) is 11.9 Å². The molecule has 0 saturated heterocycles. The van der Waals surface area contributed by atoms with Crippen LogP contribution in [0.2, 0.25) is 0 Å². The van der Waals surface area contributed by atoms with Crippen LogP contribution in [0.25, 0.3) is 0 Å². The Hall–Kier alpha value is -2.02. The van der Waals surface area contributed by atoms with Gasteiger partial charge in [-0.25, -0.2) is 4.39 Å². The van der Waals surface area contributed by atoms with Gasteiger partial charge in [0.2, 0.25) is 0 Å². The molecule has 3 heteroatoms. The molecule has 0 atom stereocenters. The molecule has 0 aliphatic rings. The zero-order chi connectivity index (χ0) is 18.0. The summed E-state index contributed by atoms with van der Waals surface area (Å²) < 4.78 is 11.9. The van der Waals surface area contributed by atoms with Crippen LogP contribution in [-0.4, -0.2) is 0 Å². The van der Waals surface area contributed by atoms with Gasteiger partial charge in [0.1, 0.15) is 0 Å². The van der Waals surface area contributed by atoms with E-state index in [4.69, 9.17) is 0 Å². The van der Waals surface area contributed by atoms with E-state index in [0.717, 1.165) is 0 Å². The Balaban J connectivity index is 0.000000278. The first-order chi connectivity index (χ1) is 12.8. The van der Waals surface area contributed by atoms with Crippen LogP contribution in [-0.2, 0) is 22.4 Å². The third-order valence-electron chi connectivity index (χ3n) is 3.72. The largest absolute Gasteiger partial charge is 0.236 e. The standard InChI is InChI=1S/C18H15P.C6H4F.Au/c1-4-10-16(11-5-1)19(17-12-6-2-7-13-17)18-14-8-3-9-15-18;7-6-4-2-1-3-5-6;/h1-15H;2-5H;/q;-1;. The summed E-state index contributed by atoms with van der Waals surface area (Å²) in [7, 11) is -0.446. The van der Waals surface area contributed by atoms with Crippen molar-refractivity contribution >= 4 is 23.8 Å². The maximum absolute atomic E-state index is 11.9. The molecule has 27 heavy (non-hydrogen) atoms. The van der Waals surface area contributed by atoms with Crippen LogP contribution in [0.4, 0.5) is 4.39 Å². The summed E-state index contributed by atoms with van der Waals surface area (Å²) in [5, 5.41) is 4.19. The van der Waals surface area contributed by atoms with E-state index >= 15 is 0 Å². The average molecular weight is 554 g/mol. The quantitative estimate of drug-likeness (QED) is 0.189. The van der Waals surface area contributed by atoms with Crippen molar-refractivity contribution in [1.29, 1.82) is 0 Å². The molecule has 0 aromatic heterocycles. The van der Waals surface area contributed by atoms with E-state index in [1.54, 1.807) is 0 Å². The van der Waals surface area contributed by atoms with Crippen molar-refractivity contribution in [2.24, 2.45) is 0 Å². The first-order valence-corrected chi connectivity index (χ1v) is 9.75. The molecule has 0 nitrogen and oxygen atoms in total. The summed E-state index contributed by atoms with van der Waals surface area (Å²) in [6.45, 7) is 0. The molecule has 0 saturated carbocycles. The molecule has 0 unspecified atom stereocenters. The topological polar surface area (TPSA) is 0 Å². The monoisotopic (exact) mass is 554 g/mol. The zero-order valence-corrected chi connectivity index (χ0v) is 17.7. The van der Waals surface area contributed by atoms with Crippen molar-refractivity contribution in [3.05, 3.63) is 127 Å². The first kappa shape index (κ1) is 21.3. The van der Waals surface area contributed by atoms with Gasteiger partial charge in [-0.1, -0.05) is 91.0 Å². The molecule has 1 radical (unpaired) electrons. The summed E-state index contributed by atoms with van der Waals surface area (Å²) in [6.07, 6.45) is 0. The number of rotatable bonds is 3.